The summed E-state index contributed by atoms with van der Waals surface area (Å²) in [5.41, 5.74) is 7.92. The molecule has 0 spiro atoms. The Morgan fingerprint density at radius 2 is 2.12 bits per heavy atom. The Morgan fingerprint density at radius 3 is 2.96 bits per heavy atom. The Morgan fingerprint density at radius 1 is 1.28 bits per heavy atom. The third-order valence-corrected chi connectivity index (χ3v) is 4.87. The minimum atomic E-state index is -0.429. The number of hydrazine groups is 1. The standard InChI is InChI=1S/C18H18ClN3O3/c1-24-15-7-6-10(19)8-13(15)20-18(23)17-12-9-25-14-5-3-2-4-11(14)16(12)21-22-17/h2-8,12,16-17,21-22H,9H2,1H3,(H,20,23). The number of ether oxygens (including phenoxy) is 2. The summed E-state index contributed by atoms with van der Waals surface area (Å²) in [6.07, 6.45) is 0. The van der Waals surface area contributed by atoms with Crippen LogP contribution in [0.1, 0.15) is 11.6 Å². The van der Waals surface area contributed by atoms with Crippen molar-refractivity contribution in [2.75, 3.05) is 19.0 Å². The molecule has 2 heterocycles. The molecule has 6 nitrogen and oxygen atoms in total. The number of fused-ring (bicyclic) bond motifs is 3. The molecule has 3 unspecified atom stereocenters. The first-order chi connectivity index (χ1) is 12.2. The van der Waals surface area contributed by atoms with E-state index in [-0.39, 0.29) is 17.9 Å². The van der Waals surface area contributed by atoms with E-state index < -0.39 is 6.04 Å². The molecular weight excluding hydrogens is 342 g/mol. The zero-order valence-electron chi connectivity index (χ0n) is 13.6. The minimum absolute atomic E-state index is 0.0138. The molecule has 4 rings (SSSR count). The monoisotopic (exact) mass is 359 g/mol. The predicted molar refractivity (Wildman–Crippen MR) is 94.9 cm³/mol. The number of hydrogen-bond donors (Lipinski definition) is 3. The molecule has 1 saturated heterocycles. The van der Waals surface area contributed by atoms with E-state index in [4.69, 9.17) is 21.1 Å². The maximum absolute atomic E-state index is 12.8. The highest BCUT2D eigenvalue weighted by atomic mass is 35.5. The summed E-state index contributed by atoms with van der Waals surface area (Å²) in [6, 6.07) is 12.6. The molecule has 0 aromatic heterocycles. The average molecular weight is 360 g/mol. The van der Waals surface area contributed by atoms with Gasteiger partial charge in [0, 0.05) is 16.5 Å². The van der Waals surface area contributed by atoms with E-state index >= 15 is 0 Å². The number of halogens is 1. The summed E-state index contributed by atoms with van der Waals surface area (Å²) < 4.78 is 11.1. The zero-order chi connectivity index (χ0) is 17.4. The lowest BCUT2D eigenvalue weighted by Crippen LogP contribution is -2.43. The smallest absolute Gasteiger partial charge is 0.243 e. The van der Waals surface area contributed by atoms with Crippen LogP contribution in [0.25, 0.3) is 0 Å². The normalized spacial score (nSPS) is 24.0. The topological polar surface area (TPSA) is 71.6 Å². The summed E-state index contributed by atoms with van der Waals surface area (Å²) in [7, 11) is 1.55. The number of carbonyl (C=O) groups excluding carboxylic acids is 1. The molecular formula is C18H18ClN3O3. The fourth-order valence-corrected chi connectivity index (χ4v) is 3.56. The average Bonchev–Trinajstić information content (AvgIpc) is 3.06. The van der Waals surface area contributed by atoms with Crippen molar-refractivity contribution in [2.45, 2.75) is 12.1 Å². The van der Waals surface area contributed by atoms with Crippen molar-refractivity contribution < 1.29 is 14.3 Å². The first kappa shape index (κ1) is 16.2. The van der Waals surface area contributed by atoms with Crippen LogP contribution in [0, 0.1) is 5.92 Å². The van der Waals surface area contributed by atoms with Gasteiger partial charge in [-0.15, -0.1) is 0 Å². The summed E-state index contributed by atoms with van der Waals surface area (Å²) >= 11 is 6.03. The molecule has 2 aliphatic heterocycles. The van der Waals surface area contributed by atoms with Crippen molar-refractivity contribution in [3.8, 4) is 11.5 Å². The molecule has 130 valence electrons. The molecule has 3 N–H and O–H groups in total. The van der Waals surface area contributed by atoms with Crippen LogP contribution < -0.4 is 25.6 Å². The number of amides is 1. The largest absolute Gasteiger partial charge is 0.495 e. The summed E-state index contributed by atoms with van der Waals surface area (Å²) in [5.74, 6) is 1.24. The van der Waals surface area contributed by atoms with E-state index in [9.17, 15) is 4.79 Å². The van der Waals surface area contributed by atoms with Gasteiger partial charge < -0.3 is 14.8 Å². The van der Waals surface area contributed by atoms with Crippen LogP contribution in [-0.4, -0.2) is 25.7 Å². The van der Waals surface area contributed by atoms with Crippen molar-refractivity contribution in [3.63, 3.8) is 0 Å². The van der Waals surface area contributed by atoms with Crippen molar-refractivity contribution in [1.82, 2.24) is 10.9 Å². The first-order valence-electron chi connectivity index (χ1n) is 8.04. The van der Waals surface area contributed by atoms with Gasteiger partial charge >= 0.3 is 0 Å². The number of benzene rings is 2. The third kappa shape index (κ3) is 2.93. The second-order valence-corrected chi connectivity index (χ2v) is 6.53. The summed E-state index contributed by atoms with van der Waals surface area (Å²) in [5, 5.41) is 3.42. The highest BCUT2D eigenvalue weighted by molar-refractivity contribution is 6.31. The van der Waals surface area contributed by atoms with Crippen molar-refractivity contribution in [1.29, 1.82) is 0 Å². The Balaban J connectivity index is 1.54. The van der Waals surface area contributed by atoms with Gasteiger partial charge in [0.25, 0.3) is 0 Å². The number of rotatable bonds is 3. The maximum atomic E-state index is 12.8. The zero-order valence-corrected chi connectivity index (χ0v) is 14.3. The van der Waals surface area contributed by atoms with Gasteiger partial charge in [-0.25, -0.2) is 10.9 Å². The number of hydrogen-bond acceptors (Lipinski definition) is 5. The third-order valence-electron chi connectivity index (χ3n) is 4.64. The second-order valence-electron chi connectivity index (χ2n) is 6.09. The molecule has 2 aromatic carbocycles. The van der Waals surface area contributed by atoms with Crippen LogP contribution in [0.15, 0.2) is 42.5 Å². The van der Waals surface area contributed by atoms with Gasteiger partial charge in [0.15, 0.2) is 0 Å². The van der Waals surface area contributed by atoms with Gasteiger partial charge in [-0.3, -0.25) is 4.79 Å². The number of methoxy groups -OCH3 is 1. The second kappa shape index (κ2) is 6.55. The van der Waals surface area contributed by atoms with Gasteiger partial charge in [0.2, 0.25) is 5.91 Å². The molecule has 7 heteroatoms. The van der Waals surface area contributed by atoms with Crippen LogP contribution in [0.2, 0.25) is 5.02 Å². The molecule has 0 aliphatic carbocycles. The van der Waals surface area contributed by atoms with E-state index in [1.54, 1.807) is 25.3 Å². The molecule has 1 fully saturated rings. The van der Waals surface area contributed by atoms with Crippen LogP contribution >= 0.6 is 11.6 Å². The van der Waals surface area contributed by atoms with Crippen LogP contribution in [-0.2, 0) is 4.79 Å². The number of nitrogens with one attached hydrogen (secondary N) is 3. The van der Waals surface area contributed by atoms with E-state index in [1.807, 2.05) is 24.3 Å². The molecule has 25 heavy (non-hydrogen) atoms. The van der Waals surface area contributed by atoms with E-state index in [0.717, 1.165) is 11.3 Å². The predicted octanol–water partition coefficient (Wildman–Crippen LogP) is 2.51. The number of anilines is 1. The lowest BCUT2D eigenvalue weighted by molar-refractivity contribution is -0.119. The minimum Gasteiger partial charge on any atom is -0.495 e. The Bertz CT molecular complexity index is 814. The van der Waals surface area contributed by atoms with E-state index in [2.05, 4.69) is 16.2 Å². The summed E-state index contributed by atoms with van der Waals surface area (Å²) in [6.45, 7) is 0.465. The Hall–Kier alpha value is -2.28. The van der Waals surface area contributed by atoms with Crippen LogP contribution in [0.3, 0.4) is 0 Å². The lowest BCUT2D eigenvalue weighted by atomic mass is 9.87. The van der Waals surface area contributed by atoms with Gasteiger partial charge in [-0.05, 0) is 24.3 Å². The highest BCUT2D eigenvalue weighted by Gasteiger charge is 2.44. The highest BCUT2D eigenvalue weighted by Crippen LogP contribution is 2.39. The van der Waals surface area contributed by atoms with Crippen molar-refractivity contribution in [2.24, 2.45) is 5.92 Å². The van der Waals surface area contributed by atoms with Crippen molar-refractivity contribution >= 4 is 23.2 Å². The van der Waals surface area contributed by atoms with Gasteiger partial charge in [-0.2, -0.15) is 0 Å². The lowest BCUT2D eigenvalue weighted by Gasteiger charge is -2.29. The maximum Gasteiger partial charge on any atom is 0.243 e. The number of para-hydroxylation sites is 1. The number of carbonyl (C=O) groups is 1. The van der Waals surface area contributed by atoms with Crippen LogP contribution in [0.5, 0.6) is 11.5 Å². The quantitative estimate of drug-likeness (QED) is 0.785. The molecule has 0 radical (unpaired) electrons. The van der Waals surface area contributed by atoms with Crippen LogP contribution in [0.4, 0.5) is 5.69 Å². The molecule has 0 bridgehead atoms. The SMILES string of the molecule is COc1ccc(Cl)cc1NC(=O)C1NNC2c3ccccc3OCC12. The fourth-order valence-electron chi connectivity index (χ4n) is 3.39. The van der Waals surface area contributed by atoms with E-state index in [0.29, 0.717) is 23.1 Å². The van der Waals surface area contributed by atoms with Gasteiger partial charge in [-0.1, -0.05) is 29.8 Å². The van der Waals surface area contributed by atoms with Gasteiger partial charge in [0.05, 0.1) is 25.4 Å². The molecule has 2 aromatic rings. The van der Waals surface area contributed by atoms with Gasteiger partial charge in [0.1, 0.15) is 17.5 Å². The van der Waals surface area contributed by atoms with Crippen molar-refractivity contribution in [3.05, 3.63) is 53.1 Å². The first-order valence-corrected chi connectivity index (χ1v) is 8.42. The van der Waals surface area contributed by atoms with E-state index in [1.165, 1.54) is 0 Å². The molecule has 0 saturated carbocycles. The molecule has 2 aliphatic rings. The fraction of sp³-hybridized carbons (Fsp3) is 0.278. The Kier molecular flexibility index (Phi) is 4.25. The molecule has 1 amide bonds. The summed E-state index contributed by atoms with van der Waals surface area (Å²) in [4.78, 5) is 12.8. The Labute approximate surface area is 150 Å². The molecule has 3 atom stereocenters.